The summed E-state index contributed by atoms with van der Waals surface area (Å²) < 4.78 is 1.88. The van der Waals surface area contributed by atoms with E-state index in [1.54, 1.807) is 12.5 Å². The summed E-state index contributed by atoms with van der Waals surface area (Å²) in [6.45, 7) is 3.72. The number of hydrogen-bond donors (Lipinski definition) is 1. The van der Waals surface area contributed by atoms with E-state index in [4.69, 9.17) is 0 Å². The highest BCUT2D eigenvalue weighted by Crippen LogP contribution is 2.03. The predicted octanol–water partition coefficient (Wildman–Crippen LogP) is 1.35. The van der Waals surface area contributed by atoms with Crippen LogP contribution in [0.4, 0.5) is 5.82 Å². The van der Waals surface area contributed by atoms with E-state index < -0.39 is 0 Å². The summed E-state index contributed by atoms with van der Waals surface area (Å²) in [7, 11) is 0. The van der Waals surface area contributed by atoms with Gasteiger partial charge in [0.1, 0.15) is 12.1 Å². The zero-order valence-electron chi connectivity index (χ0n) is 9.30. The minimum atomic E-state index is 0.807. The molecule has 2 rings (SSSR count). The Morgan fingerprint density at radius 2 is 2.31 bits per heavy atom. The topological polar surface area (TPSA) is 55.6 Å². The smallest absolute Gasteiger partial charge is 0.129 e. The highest BCUT2D eigenvalue weighted by Gasteiger charge is 1.96. The third kappa shape index (κ3) is 2.79. The molecule has 5 heteroatoms. The number of anilines is 1. The molecule has 1 N–H and O–H groups in total. The minimum Gasteiger partial charge on any atom is -0.368 e. The maximum Gasteiger partial charge on any atom is 0.129 e. The van der Waals surface area contributed by atoms with Crippen molar-refractivity contribution in [1.29, 1.82) is 0 Å². The van der Waals surface area contributed by atoms with E-state index in [0.29, 0.717) is 0 Å². The van der Waals surface area contributed by atoms with Gasteiger partial charge in [-0.15, -0.1) is 0 Å². The maximum atomic E-state index is 4.15. The number of nitrogens with zero attached hydrogens (tertiary/aromatic N) is 4. The van der Waals surface area contributed by atoms with Crippen molar-refractivity contribution in [1.82, 2.24) is 19.7 Å². The summed E-state index contributed by atoms with van der Waals surface area (Å²) in [6, 6.07) is 3.89. The summed E-state index contributed by atoms with van der Waals surface area (Å²) >= 11 is 0. The molecule has 0 radical (unpaired) electrons. The van der Waals surface area contributed by atoms with Crippen LogP contribution in [0.3, 0.4) is 0 Å². The molecule has 2 aromatic heterocycles. The highest BCUT2D eigenvalue weighted by molar-refractivity contribution is 5.34. The lowest BCUT2D eigenvalue weighted by atomic mass is 10.3. The lowest BCUT2D eigenvalue weighted by molar-refractivity contribution is 0.637. The fourth-order valence-electron chi connectivity index (χ4n) is 1.42. The molecule has 0 spiro atoms. The summed E-state index contributed by atoms with van der Waals surface area (Å²) in [5.74, 6) is 0.874. The van der Waals surface area contributed by atoms with Gasteiger partial charge in [-0.25, -0.2) is 9.97 Å². The van der Waals surface area contributed by atoms with Gasteiger partial charge in [-0.1, -0.05) is 6.92 Å². The molecule has 0 fully saturated rings. The first-order valence-electron chi connectivity index (χ1n) is 5.40. The molecule has 2 aromatic rings. The Morgan fingerprint density at radius 1 is 1.38 bits per heavy atom. The van der Waals surface area contributed by atoms with Gasteiger partial charge in [0.15, 0.2) is 0 Å². The van der Waals surface area contributed by atoms with E-state index in [1.165, 1.54) is 0 Å². The van der Waals surface area contributed by atoms with Gasteiger partial charge >= 0.3 is 0 Å². The molecule has 0 amide bonds. The van der Waals surface area contributed by atoms with Crippen LogP contribution in [-0.2, 0) is 13.0 Å². The molecule has 0 saturated heterocycles. The van der Waals surface area contributed by atoms with Crippen LogP contribution >= 0.6 is 0 Å². The summed E-state index contributed by atoms with van der Waals surface area (Å²) in [5.41, 5.74) is 1.05. The van der Waals surface area contributed by atoms with Crippen LogP contribution < -0.4 is 5.32 Å². The van der Waals surface area contributed by atoms with Crippen molar-refractivity contribution in [2.75, 3.05) is 11.9 Å². The first kappa shape index (κ1) is 10.6. The zero-order chi connectivity index (χ0) is 11.2. The van der Waals surface area contributed by atoms with Gasteiger partial charge < -0.3 is 5.32 Å². The van der Waals surface area contributed by atoms with Gasteiger partial charge in [-0.3, -0.25) is 4.68 Å². The van der Waals surface area contributed by atoms with Crippen molar-refractivity contribution >= 4 is 5.82 Å². The number of aryl methyl sites for hydroxylation is 1. The highest BCUT2D eigenvalue weighted by atomic mass is 15.3. The Morgan fingerprint density at radius 3 is 3.06 bits per heavy atom. The van der Waals surface area contributed by atoms with E-state index in [9.17, 15) is 0 Å². The van der Waals surface area contributed by atoms with Gasteiger partial charge in [0, 0.05) is 30.7 Å². The van der Waals surface area contributed by atoms with Crippen LogP contribution in [0.15, 0.2) is 30.9 Å². The van der Waals surface area contributed by atoms with Crippen LogP contribution in [0.2, 0.25) is 0 Å². The van der Waals surface area contributed by atoms with Gasteiger partial charge in [0.05, 0.1) is 6.54 Å². The molecule has 0 aliphatic heterocycles. The molecular weight excluding hydrogens is 202 g/mol. The normalized spacial score (nSPS) is 10.3. The lowest BCUT2D eigenvalue weighted by Gasteiger charge is -2.06. The fraction of sp³-hybridized carbons (Fsp3) is 0.364. The molecule has 0 atom stereocenters. The van der Waals surface area contributed by atoms with E-state index in [0.717, 1.165) is 31.0 Å². The van der Waals surface area contributed by atoms with Crippen LogP contribution in [0.25, 0.3) is 0 Å². The van der Waals surface area contributed by atoms with Gasteiger partial charge in [-0.05, 0) is 12.5 Å². The van der Waals surface area contributed by atoms with Gasteiger partial charge in [-0.2, -0.15) is 5.10 Å². The van der Waals surface area contributed by atoms with E-state index in [2.05, 4.69) is 27.3 Å². The third-order valence-electron chi connectivity index (χ3n) is 2.29. The summed E-state index contributed by atoms with van der Waals surface area (Å²) in [5, 5.41) is 7.37. The molecule has 0 unspecified atom stereocenters. The number of aromatic nitrogens is 4. The van der Waals surface area contributed by atoms with Crippen LogP contribution in [0.1, 0.15) is 12.6 Å². The van der Waals surface area contributed by atoms with Gasteiger partial charge in [0.25, 0.3) is 0 Å². The van der Waals surface area contributed by atoms with Crippen molar-refractivity contribution in [2.45, 2.75) is 19.9 Å². The Labute approximate surface area is 94.5 Å². The largest absolute Gasteiger partial charge is 0.368 e. The summed E-state index contributed by atoms with van der Waals surface area (Å²) in [4.78, 5) is 8.30. The quantitative estimate of drug-likeness (QED) is 0.821. The van der Waals surface area contributed by atoms with Crippen LogP contribution in [-0.4, -0.2) is 26.3 Å². The van der Waals surface area contributed by atoms with Crippen molar-refractivity contribution in [3.8, 4) is 0 Å². The van der Waals surface area contributed by atoms with Gasteiger partial charge in [0.2, 0.25) is 0 Å². The number of rotatable bonds is 5. The Bertz CT molecular complexity index is 424. The molecule has 0 aromatic carbocycles. The fourth-order valence-corrected chi connectivity index (χ4v) is 1.42. The van der Waals surface area contributed by atoms with E-state index >= 15 is 0 Å². The lowest BCUT2D eigenvalue weighted by Crippen LogP contribution is -2.11. The Kier molecular flexibility index (Phi) is 3.48. The Balaban J connectivity index is 1.85. The number of hydrogen-bond acceptors (Lipinski definition) is 4. The standard InChI is InChI=1S/C11H15N5/c1-2-10-8-11(14-9-13-10)12-5-7-16-6-3-4-15-16/h3-4,6,8-9H,2,5,7H2,1H3,(H,12,13,14). The molecule has 0 saturated carbocycles. The monoisotopic (exact) mass is 217 g/mol. The van der Waals surface area contributed by atoms with E-state index in [1.807, 2.05) is 23.0 Å². The van der Waals surface area contributed by atoms with Crippen LogP contribution in [0, 0.1) is 0 Å². The predicted molar refractivity (Wildman–Crippen MR) is 62.1 cm³/mol. The van der Waals surface area contributed by atoms with Crippen LogP contribution in [0.5, 0.6) is 0 Å². The molecule has 0 aliphatic carbocycles. The molecule has 84 valence electrons. The molecule has 0 bridgehead atoms. The second-order valence-corrected chi connectivity index (χ2v) is 3.44. The zero-order valence-corrected chi connectivity index (χ0v) is 9.30. The molecule has 16 heavy (non-hydrogen) atoms. The molecular formula is C11H15N5. The van der Waals surface area contributed by atoms with Crippen molar-refractivity contribution in [3.05, 3.63) is 36.5 Å². The first-order chi connectivity index (χ1) is 7.88. The van der Waals surface area contributed by atoms with Crippen molar-refractivity contribution in [2.24, 2.45) is 0 Å². The second kappa shape index (κ2) is 5.25. The average Bonchev–Trinajstić information content (AvgIpc) is 2.82. The van der Waals surface area contributed by atoms with Crippen molar-refractivity contribution in [3.63, 3.8) is 0 Å². The maximum absolute atomic E-state index is 4.15. The second-order valence-electron chi connectivity index (χ2n) is 3.44. The average molecular weight is 217 g/mol. The SMILES string of the molecule is CCc1cc(NCCn2cccn2)ncn1. The number of nitrogens with one attached hydrogen (secondary N) is 1. The molecule has 0 aliphatic rings. The molecule has 5 nitrogen and oxygen atoms in total. The van der Waals surface area contributed by atoms with E-state index in [-0.39, 0.29) is 0 Å². The Hall–Kier alpha value is -1.91. The summed E-state index contributed by atoms with van der Waals surface area (Å²) in [6.07, 6.45) is 6.24. The molecule has 2 heterocycles. The van der Waals surface area contributed by atoms with Crippen molar-refractivity contribution < 1.29 is 0 Å². The first-order valence-corrected chi connectivity index (χ1v) is 5.40. The third-order valence-corrected chi connectivity index (χ3v) is 2.29. The minimum absolute atomic E-state index is 0.807.